The number of hydroxylamine groups is 2. The molecule has 2 aliphatic rings. The van der Waals surface area contributed by atoms with Crippen LogP contribution in [0.3, 0.4) is 0 Å². The van der Waals surface area contributed by atoms with Gasteiger partial charge in [-0.1, -0.05) is 30.3 Å². The lowest BCUT2D eigenvalue weighted by Gasteiger charge is -2.38. The Morgan fingerprint density at radius 2 is 1.74 bits per heavy atom. The molecule has 23 heavy (non-hydrogen) atoms. The molecule has 1 atom stereocenters. The number of fused-ring (bicyclic) bond motifs is 1. The van der Waals surface area contributed by atoms with Crippen LogP contribution >= 0.6 is 0 Å². The third-order valence-electron chi connectivity index (χ3n) is 5.32. The summed E-state index contributed by atoms with van der Waals surface area (Å²) in [6.45, 7) is 10.4. The van der Waals surface area contributed by atoms with Gasteiger partial charge in [0.15, 0.2) is 5.76 Å². The molecular weight excluding hydrogens is 292 g/mol. The molecule has 1 saturated heterocycles. The summed E-state index contributed by atoms with van der Waals surface area (Å²) >= 11 is 0. The van der Waals surface area contributed by atoms with Gasteiger partial charge in [0.25, 0.3) is 0 Å². The van der Waals surface area contributed by atoms with Crippen LogP contribution in [0.1, 0.15) is 40.2 Å². The zero-order chi connectivity index (χ0) is 17.0. The van der Waals surface area contributed by atoms with Crippen molar-refractivity contribution < 1.29 is 14.4 Å². The lowest BCUT2D eigenvalue weighted by atomic mass is 9.84. The molecule has 1 aromatic rings. The van der Waals surface area contributed by atoms with Gasteiger partial charge >= 0.3 is 5.97 Å². The van der Waals surface area contributed by atoms with Gasteiger partial charge in [0.2, 0.25) is 0 Å². The fourth-order valence-electron chi connectivity index (χ4n) is 3.53. The third kappa shape index (κ3) is 2.03. The average molecular weight is 316 g/mol. The number of carbonyl (C=O) groups excluding carboxylic acids is 1. The summed E-state index contributed by atoms with van der Waals surface area (Å²) in [7, 11) is 1.40. The zero-order valence-electron chi connectivity index (χ0n) is 14.6. The minimum Gasteiger partial charge on any atom is -0.465 e. The van der Waals surface area contributed by atoms with Crippen molar-refractivity contribution in [2.24, 2.45) is 0 Å². The van der Waals surface area contributed by atoms with Crippen LogP contribution in [0.25, 0.3) is 5.76 Å². The summed E-state index contributed by atoms with van der Waals surface area (Å²) in [4.78, 5) is 18.8. The first kappa shape index (κ1) is 16.0. The van der Waals surface area contributed by atoms with Gasteiger partial charge in [-0.25, -0.2) is 4.79 Å². The van der Waals surface area contributed by atoms with Crippen LogP contribution < -0.4 is 5.32 Å². The second kappa shape index (κ2) is 4.82. The SMILES string of the molecule is COC(=O)C1=C(c2ccccc2)ON2C1(C)NC(C)(C)C2(C)C. The summed E-state index contributed by atoms with van der Waals surface area (Å²) in [6, 6.07) is 9.65. The molecule has 0 saturated carbocycles. The Labute approximate surface area is 137 Å². The predicted molar refractivity (Wildman–Crippen MR) is 88.0 cm³/mol. The molecule has 0 bridgehead atoms. The molecule has 2 aliphatic heterocycles. The van der Waals surface area contributed by atoms with E-state index in [4.69, 9.17) is 9.57 Å². The van der Waals surface area contributed by atoms with E-state index >= 15 is 0 Å². The van der Waals surface area contributed by atoms with E-state index in [0.717, 1.165) is 5.56 Å². The van der Waals surface area contributed by atoms with Crippen molar-refractivity contribution in [3.8, 4) is 0 Å². The number of hydrogen-bond acceptors (Lipinski definition) is 5. The van der Waals surface area contributed by atoms with E-state index in [1.165, 1.54) is 7.11 Å². The minimum absolute atomic E-state index is 0.247. The highest BCUT2D eigenvalue weighted by molar-refractivity contribution is 5.99. The Hall–Kier alpha value is -1.85. The van der Waals surface area contributed by atoms with Crippen molar-refractivity contribution in [2.75, 3.05) is 7.11 Å². The van der Waals surface area contributed by atoms with Gasteiger partial charge in [-0.3, -0.25) is 5.32 Å². The number of rotatable bonds is 2. The van der Waals surface area contributed by atoms with Gasteiger partial charge in [-0.15, -0.1) is 5.06 Å². The maximum atomic E-state index is 12.5. The first-order chi connectivity index (χ1) is 10.6. The average Bonchev–Trinajstić information content (AvgIpc) is 2.86. The molecule has 5 heteroatoms. The quantitative estimate of drug-likeness (QED) is 0.850. The Kier molecular flexibility index (Phi) is 3.36. The lowest BCUT2D eigenvalue weighted by molar-refractivity contribution is -0.171. The number of nitrogens with zero attached hydrogens (tertiary/aromatic N) is 1. The van der Waals surface area contributed by atoms with Crippen molar-refractivity contribution in [3.63, 3.8) is 0 Å². The highest BCUT2D eigenvalue weighted by Crippen LogP contribution is 2.51. The molecule has 1 aromatic carbocycles. The molecule has 0 aromatic heterocycles. The van der Waals surface area contributed by atoms with Crippen molar-refractivity contribution in [1.82, 2.24) is 10.4 Å². The predicted octanol–water partition coefficient (Wildman–Crippen LogP) is 2.69. The van der Waals surface area contributed by atoms with Crippen LogP contribution in [0.5, 0.6) is 0 Å². The number of methoxy groups -OCH3 is 1. The fraction of sp³-hybridized carbons (Fsp3) is 0.500. The Morgan fingerprint density at radius 1 is 1.13 bits per heavy atom. The number of hydrogen-bond donors (Lipinski definition) is 1. The van der Waals surface area contributed by atoms with E-state index in [1.54, 1.807) is 0 Å². The first-order valence-electron chi connectivity index (χ1n) is 7.81. The van der Waals surface area contributed by atoms with Crippen molar-refractivity contribution in [2.45, 2.75) is 51.4 Å². The largest absolute Gasteiger partial charge is 0.465 e. The number of ether oxygens (including phenoxy) is 1. The van der Waals surface area contributed by atoms with Crippen LogP contribution in [0.2, 0.25) is 0 Å². The Morgan fingerprint density at radius 3 is 2.30 bits per heavy atom. The van der Waals surface area contributed by atoms with E-state index < -0.39 is 5.66 Å². The number of benzene rings is 1. The van der Waals surface area contributed by atoms with Crippen molar-refractivity contribution >= 4 is 11.7 Å². The maximum Gasteiger partial charge on any atom is 0.341 e. The smallest absolute Gasteiger partial charge is 0.341 e. The summed E-state index contributed by atoms with van der Waals surface area (Å²) in [5.74, 6) is 0.172. The van der Waals surface area contributed by atoms with Gasteiger partial charge in [0.1, 0.15) is 11.2 Å². The normalized spacial score (nSPS) is 28.4. The Balaban J connectivity index is 2.19. The van der Waals surface area contributed by atoms with Gasteiger partial charge in [-0.2, -0.15) is 0 Å². The summed E-state index contributed by atoms with van der Waals surface area (Å²) in [6.07, 6.45) is 0. The topological polar surface area (TPSA) is 50.8 Å². The third-order valence-corrected chi connectivity index (χ3v) is 5.32. The molecule has 1 fully saturated rings. The monoisotopic (exact) mass is 316 g/mol. The molecule has 124 valence electrons. The summed E-state index contributed by atoms with van der Waals surface area (Å²) in [5, 5.41) is 5.45. The van der Waals surface area contributed by atoms with Crippen molar-refractivity contribution in [1.29, 1.82) is 0 Å². The molecule has 5 nitrogen and oxygen atoms in total. The van der Waals surface area contributed by atoms with E-state index in [2.05, 4.69) is 33.0 Å². The first-order valence-corrected chi connectivity index (χ1v) is 7.81. The zero-order valence-corrected chi connectivity index (χ0v) is 14.6. The molecule has 2 heterocycles. The second-order valence-corrected chi connectivity index (χ2v) is 7.33. The van der Waals surface area contributed by atoms with Gasteiger partial charge in [0, 0.05) is 11.1 Å². The molecule has 0 spiro atoms. The maximum absolute atomic E-state index is 12.5. The van der Waals surface area contributed by atoms with E-state index in [-0.39, 0.29) is 17.0 Å². The van der Waals surface area contributed by atoms with Gasteiger partial charge < -0.3 is 9.57 Å². The molecule has 1 N–H and O–H groups in total. The van der Waals surface area contributed by atoms with Crippen LogP contribution in [0, 0.1) is 0 Å². The standard InChI is InChI=1S/C18H24N2O3/c1-16(2)17(3,4)20-18(5,19-16)13(15(21)22-6)14(23-20)12-10-8-7-9-11-12/h7-11,19H,1-6H3. The van der Waals surface area contributed by atoms with Crippen LogP contribution in [-0.2, 0) is 14.4 Å². The van der Waals surface area contributed by atoms with E-state index in [9.17, 15) is 4.79 Å². The van der Waals surface area contributed by atoms with Crippen molar-refractivity contribution in [3.05, 3.63) is 41.5 Å². The van der Waals surface area contributed by atoms with E-state index in [0.29, 0.717) is 11.3 Å². The highest BCUT2D eigenvalue weighted by Gasteiger charge is 2.66. The molecular formula is C18H24N2O3. The summed E-state index contributed by atoms with van der Waals surface area (Å²) in [5.41, 5.74) is 0.0512. The number of esters is 1. The van der Waals surface area contributed by atoms with Gasteiger partial charge in [-0.05, 0) is 34.6 Å². The van der Waals surface area contributed by atoms with Crippen LogP contribution in [0.4, 0.5) is 0 Å². The fourth-order valence-corrected chi connectivity index (χ4v) is 3.53. The lowest BCUT2D eigenvalue weighted by Crippen LogP contribution is -2.52. The molecule has 0 radical (unpaired) electrons. The number of nitrogens with one attached hydrogen (secondary N) is 1. The minimum atomic E-state index is -0.745. The molecule has 0 aliphatic carbocycles. The highest BCUT2D eigenvalue weighted by atomic mass is 16.7. The molecule has 1 unspecified atom stereocenters. The van der Waals surface area contributed by atoms with Crippen LogP contribution in [-0.4, -0.2) is 34.9 Å². The van der Waals surface area contributed by atoms with Gasteiger partial charge in [0.05, 0.1) is 12.6 Å². The summed E-state index contributed by atoms with van der Waals surface area (Å²) < 4.78 is 5.05. The molecule has 0 amide bonds. The number of carbonyl (C=O) groups is 1. The molecule has 3 rings (SSSR count). The van der Waals surface area contributed by atoms with Crippen LogP contribution in [0.15, 0.2) is 35.9 Å². The Bertz CT molecular complexity index is 679. The van der Waals surface area contributed by atoms with E-state index in [1.807, 2.05) is 42.3 Å². The second-order valence-electron chi connectivity index (χ2n) is 7.33.